The summed E-state index contributed by atoms with van der Waals surface area (Å²) in [5.74, 6) is 6.17. The lowest BCUT2D eigenvalue weighted by Crippen LogP contribution is -2.35. The van der Waals surface area contributed by atoms with Crippen molar-refractivity contribution in [2.24, 2.45) is 0 Å². The summed E-state index contributed by atoms with van der Waals surface area (Å²) >= 11 is 0. The van der Waals surface area contributed by atoms with E-state index < -0.39 is 0 Å². The van der Waals surface area contributed by atoms with Gasteiger partial charge in [0.2, 0.25) is 0 Å². The molecule has 4 rings (SSSR count). The van der Waals surface area contributed by atoms with Gasteiger partial charge in [0.1, 0.15) is 0 Å². The maximum absolute atomic E-state index is 12.5. The molecule has 156 valence electrons. The zero-order chi connectivity index (χ0) is 21.3. The van der Waals surface area contributed by atoms with E-state index in [9.17, 15) is 4.79 Å². The van der Waals surface area contributed by atoms with Gasteiger partial charge in [-0.2, -0.15) is 0 Å². The average molecular weight is 411 g/mol. The summed E-state index contributed by atoms with van der Waals surface area (Å²) in [6, 6.07) is 25.7. The van der Waals surface area contributed by atoms with E-state index in [-0.39, 0.29) is 5.91 Å². The number of morpholine rings is 1. The first-order valence-corrected chi connectivity index (χ1v) is 10.6. The molecule has 0 spiro atoms. The molecule has 1 aliphatic heterocycles. The third-order valence-corrected chi connectivity index (χ3v) is 5.26. The van der Waals surface area contributed by atoms with E-state index in [0.717, 1.165) is 49.5 Å². The highest BCUT2D eigenvalue weighted by Gasteiger charge is 2.10. The van der Waals surface area contributed by atoms with Crippen LogP contribution < -0.4 is 5.32 Å². The first kappa shape index (κ1) is 20.9. The van der Waals surface area contributed by atoms with E-state index in [2.05, 4.69) is 46.3 Å². The Morgan fingerprint density at radius 3 is 2.10 bits per heavy atom. The van der Waals surface area contributed by atoms with Crippen LogP contribution in [0.2, 0.25) is 0 Å². The van der Waals surface area contributed by atoms with Crippen LogP contribution >= 0.6 is 0 Å². The Morgan fingerprint density at radius 2 is 1.42 bits per heavy atom. The van der Waals surface area contributed by atoms with Crippen LogP contribution in [0.25, 0.3) is 0 Å². The molecular formula is C27H26N2O2. The van der Waals surface area contributed by atoms with Crippen molar-refractivity contribution in [2.75, 3.05) is 26.3 Å². The molecule has 1 N–H and O–H groups in total. The summed E-state index contributed by atoms with van der Waals surface area (Å²) in [4.78, 5) is 14.9. The van der Waals surface area contributed by atoms with Gasteiger partial charge in [0.25, 0.3) is 5.91 Å². The number of nitrogens with zero attached hydrogens (tertiary/aromatic N) is 1. The summed E-state index contributed by atoms with van der Waals surface area (Å²) in [6.07, 6.45) is 0. The van der Waals surface area contributed by atoms with E-state index in [4.69, 9.17) is 4.74 Å². The number of carbonyl (C=O) groups excluding carboxylic acids is 1. The molecule has 1 fully saturated rings. The monoisotopic (exact) mass is 410 g/mol. The Bertz CT molecular complexity index is 1040. The zero-order valence-corrected chi connectivity index (χ0v) is 17.5. The lowest BCUT2D eigenvalue weighted by molar-refractivity contribution is 0.0342. The van der Waals surface area contributed by atoms with Crippen LogP contribution in [0, 0.1) is 11.8 Å². The van der Waals surface area contributed by atoms with Crippen molar-refractivity contribution in [3.63, 3.8) is 0 Å². The first-order chi connectivity index (χ1) is 15.3. The largest absolute Gasteiger partial charge is 0.379 e. The smallest absolute Gasteiger partial charge is 0.251 e. The zero-order valence-electron chi connectivity index (χ0n) is 17.5. The van der Waals surface area contributed by atoms with E-state index >= 15 is 0 Å². The predicted molar refractivity (Wildman–Crippen MR) is 123 cm³/mol. The van der Waals surface area contributed by atoms with Crippen LogP contribution in [-0.2, 0) is 17.8 Å². The highest BCUT2D eigenvalue weighted by molar-refractivity contribution is 5.94. The summed E-state index contributed by atoms with van der Waals surface area (Å²) in [7, 11) is 0. The van der Waals surface area contributed by atoms with E-state index in [1.54, 1.807) is 0 Å². The summed E-state index contributed by atoms with van der Waals surface area (Å²) in [6.45, 7) is 5.03. The molecule has 1 amide bonds. The molecule has 0 unspecified atom stereocenters. The normalized spacial score (nSPS) is 13.8. The molecule has 4 heteroatoms. The van der Waals surface area contributed by atoms with Gasteiger partial charge in [0, 0.05) is 42.9 Å². The Balaban J connectivity index is 1.28. The SMILES string of the molecule is O=C(NCc1ccc(CN2CCOCC2)cc1)c1ccc(C#Cc2ccccc2)cc1. The number of benzene rings is 3. The van der Waals surface area contributed by atoms with Crippen molar-refractivity contribution in [1.82, 2.24) is 10.2 Å². The van der Waals surface area contributed by atoms with Crippen molar-refractivity contribution in [1.29, 1.82) is 0 Å². The standard InChI is InChI=1S/C27H26N2O2/c30-27(26-14-12-23(13-15-26)7-6-22-4-2-1-3-5-22)28-20-24-8-10-25(11-9-24)21-29-16-18-31-19-17-29/h1-5,8-15H,16-21H2,(H,28,30). The van der Waals surface area contributed by atoms with Crippen molar-refractivity contribution in [2.45, 2.75) is 13.1 Å². The second kappa shape index (κ2) is 10.6. The van der Waals surface area contributed by atoms with Crippen molar-refractivity contribution < 1.29 is 9.53 Å². The number of ether oxygens (including phenoxy) is 1. The fourth-order valence-corrected chi connectivity index (χ4v) is 3.44. The van der Waals surface area contributed by atoms with Crippen LogP contribution in [-0.4, -0.2) is 37.1 Å². The van der Waals surface area contributed by atoms with Crippen LogP contribution in [0.3, 0.4) is 0 Å². The van der Waals surface area contributed by atoms with Gasteiger partial charge in [0.05, 0.1) is 13.2 Å². The van der Waals surface area contributed by atoms with E-state index in [1.807, 2.05) is 54.6 Å². The van der Waals surface area contributed by atoms with Gasteiger partial charge < -0.3 is 10.1 Å². The van der Waals surface area contributed by atoms with Crippen LogP contribution in [0.15, 0.2) is 78.9 Å². The number of carbonyl (C=O) groups is 1. The predicted octanol–water partition coefficient (Wildman–Crippen LogP) is 3.85. The number of amides is 1. The van der Waals surface area contributed by atoms with E-state index in [0.29, 0.717) is 12.1 Å². The van der Waals surface area contributed by atoms with Crippen molar-refractivity contribution in [3.05, 3.63) is 107 Å². The van der Waals surface area contributed by atoms with Gasteiger partial charge in [-0.1, -0.05) is 54.3 Å². The maximum atomic E-state index is 12.5. The van der Waals surface area contributed by atoms with Crippen LogP contribution in [0.1, 0.15) is 32.6 Å². The molecule has 1 aliphatic rings. The van der Waals surface area contributed by atoms with Crippen LogP contribution in [0.5, 0.6) is 0 Å². The molecule has 0 atom stereocenters. The molecule has 3 aromatic carbocycles. The van der Waals surface area contributed by atoms with Gasteiger partial charge in [-0.25, -0.2) is 0 Å². The molecule has 1 saturated heterocycles. The van der Waals surface area contributed by atoms with E-state index in [1.165, 1.54) is 5.56 Å². The Kier molecular flexibility index (Phi) is 7.12. The van der Waals surface area contributed by atoms with Gasteiger partial charge >= 0.3 is 0 Å². The highest BCUT2D eigenvalue weighted by Crippen LogP contribution is 2.10. The number of hydrogen-bond donors (Lipinski definition) is 1. The minimum absolute atomic E-state index is 0.0834. The Labute approximate surface area is 183 Å². The summed E-state index contributed by atoms with van der Waals surface area (Å²) in [5, 5.41) is 2.99. The van der Waals surface area contributed by atoms with Crippen molar-refractivity contribution >= 4 is 5.91 Å². The fourth-order valence-electron chi connectivity index (χ4n) is 3.44. The second-order valence-electron chi connectivity index (χ2n) is 7.58. The van der Waals surface area contributed by atoms with Gasteiger partial charge in [-0.15, -0.1) is 0 Å². The molecule has 4 nitrogen and oxygen atoms in total. The lowest BCUT2D eigenvalue weighted by Gasteiger charge is -2.26. The number of rotatable bonds is 5. The molecule has 0 radical (unpaired) electrons. The number of nitrogens with one attached hydrogen (secondary N) is 1. The third-order valence-electron chi connectivity index (χ3n) is 5.26. The second-order valence-corrected chi connectivity index (χ2v) is 7.58. The topological polar surface area (TPSA) is 41.6 Å². The molecule has 1 heterocycles. The third kappa shape index (κ3) is 6.29. The maximum Gasteiger partial charge on any atom is 0.251 e. The van der Waals surface area contributed by atoms with Crippen LogP contribution in [0.4, 0.5) is 0 Å². The average Bonchev–Trinajstić information content (AvgIpc) is 2.84. The Morgan fingerprint density at radius 1 is 0.806 bits per heavy atom. The summed E-state index contributed by atoms with van der Waals surface area (Å²) < 4.78 is 5.40. The molecule has 3 aromatic rings. The molecule has 0 aromatic heterocycles. The quantitative estimate of drug-likeness (QED) is 0.650. The molecule has 0 bridgehead atoms. The molecule has 0 saturated carbocycles. The first-order valence-electron chi connectivity index (χ1n) is 10.6. The minimum Gasteiger partial charge on any atom is -0.379 e. The Hall–Kier alpha value is -3.39. The fraction of sp³-hybridized carbons (Fsp3) is 0.222. The van der Waals surface area contributed by atoms with Gasteiger partial charge in [0.15, 0.2) is 0 Å². The highest BCUT2D eigenvalue weighted by atomic mass is 16.5. The molecule has 0 aliphatic carbocycles. The van der Waals surface area contributed by atoms with Gasteiger partial charge in [-0.3, -0.25) is 9.69 Å². The van der Waals surface area contributed by atoms with Crippen molar-refractivity contribution in [3.8, 4) is 11.8 Å². The minimum atomic E-state index is -0.0834. The van der Waals surface area contributed by atoms with Gasteiger partial charge in [-0.05, 0) is 47.5 Å². The summed E-state index contributed by atoms with van der Waals surface area (Å²) in [5.41, 5.74) is 4.86. The lowest BCUT2D eigenvalue weighted by atomic mass is 10.1. The molecular weight excluding hydrogens is 384 g/mol. The molecule has 31 heavy (non-hydrogen) atoms. The number of hydrogen-bond acceptors (Lipinski definition) is 3.